The first-order valence-electron chi connectivity index (χ1n) is 6.28. The van der Waals surface area contributed by atoms with Crippen molar-refractivity contribution in [3.05, 3.63) is 59.7 Å². The standard InChI is InChI=1S/C16H19NO/c1-13-6-4-7-14(12-13)8-5-11-18-16-10-3-2-9-15(16)17/h2-4,6-7,9-10,12H,5,8,11,17H2,1H3. The number of nitrogens with two attached hydrogens (primary N) is 1. The van der Waals surface area contributed by atoms with Crippen LogP contribution >= 0.6 is 0 Å². The number of nitrogen functional groups attached to an aromatic ring is 1. The number of para-hydroxylation sites is 2. The van der Waals surface area contributed by atoms with E-state index in [1.807, 2.05) is 24.3 Å². The Labute approximate surface area is 108 Å². The van der Waals surface area contributed by atoms with Gasteiger partial charge in [0.25, 0.3) is 0 Å². The van der Waals surface area contributed by atoms with Crippen molar-refractivity contribution in [1.29, 1.82) is 0 Å². The molecule has 0 fully saturated rings. The van der Waals surface area contributed by atoms with Crippen LogP contribution in [-0.4, -0.2) is 6.61 Å². The SMILES string of the molecule is Cc1cccc(CCCOc2ccccc2N)c1. The number of hydrogen-bond acceptors (Lipinski definition) is 2. The molecule has 18 heavy (non-hydrogen) atoms. The molecule has 0 aliphatic rings. The summed E-state index contributed by atoms with van der Waals surface area (Å²) in [5.74, 6) is 0.779. The topological polar surface area (TPSA) is 35.2 Å². The Bertz CT molecular complexity index is 508. The first-order chi connectivity index (χ1) is 8.75. The van der Waals surface area contributed by atoms with Gasteiger partial charge in [0.05, 0.1) is 12.3 Å². The van der Waals surface area contributed by atoms with Gasteiger partial charge in [0.15, 0.2) is 0 Å². The van der Waals surface area contributed by atoms with Gasteiger partial charge >= 0.3 is 0 Å². The molecule has 2 heteroatoms. The summed E-state index contributed by atoms with van der Waals surface area (Å²) in [4.78, 5) is 0. The number of aryl methyl sites for hydroxylation is 2. The third-order valence-electron chi connectivity index (χ3n) is 2.87. The zero-order valence-corrected chi connectivity index (χ0v) is 10.7. The third-order valence-corrected chi connectivity index (χ3v) is 2.87. The van der Waals surface area contributed by atoms with E-state index in [9.17, 15) is 0 Å². The van der Waals surface area contributed by atoms with E-state index in [2.05, 4.69) is 31.2 Å². The molecule has 2 rings (SSSR count). The van der Waals surface area contributed by atoms with Crippen LogP contribution < -0.4 is 10.5 Å². The van der Waals surface area contributed by atoms with Crippen molar-refractivity contribution in [2.75, 3.05) is 12.3 Å². The second-order valence-electron chi connectivity index (χ2n) is 4.48. The van der Waals surface area contributed by atoms with Gasteiger partial charge in [-0.3, -0.25) is 0 Å². The molecule has 2 aromatic carbocycles. The molecule has 0 saturated carbocycles. The van der Waals surface area contributed by atoms with Crippen molar-refractivity contribution in [3.8, 4) is 5.75 Å². The lowest BCUT2D eigenvalue weighted by Gasteiger charge is -2.08. The van der Waals surface area contributed by atoms with Crippen LogP contribution in [0.4, 0.5) is 5.69 Å². The lowest BCUT2D eigenvalue weighted by molar-refractivity contribution is 0.312. The molecule has 0 radical (unpaired) electrons. The van der Waals surface area contributed by atoms with Crippen LogP contribution in [0.5, 0.6) is 5.75 Å². The van der Waals surface area contributed by atoms with Gasteiger partial charge in [0, 0.05) is 0 Å². The Morgan fingerprint density at radius 2 is 1.89 bits per heavy atom. The van der Waals surface area contributed by atoms with Gasteiger partial charge in [-0.05, 0) is 37.5 Å². The van der Waals surface area contributed by atoms with E-state index in [0.717, 1.165) is 18.6 Å². The van der Waals surface area contributed by atoms with Crippen molar-refractivity contribution in [1.82, 2.24) is 0 Å². The van der Waals surface area contributed by atoms with Crippen LogP contribution in [0.25, 0.3) is 0 Å². The lowest BCUT2D eigenvalue weighted by atomic mass is 10.1. The van der Waals surface area contributed by atoms with Crippen molar-refractivity contribution in [2.24, 2.45) is 0 Å². The highest BCUT2D eigenvalue weighted by Crippen LogP contribution is 2.19. The zero-order valence-electron chi connectivity index (χ0n) is 10.7. The van der Waals surface area contributed by atoms with Crippen LogP contribution in [0, 0.1) is 6.92 Å². The number of ether oxygens (including phenoxy) is 1. The Hall–Kier alpha value is -1.96. The molecule has 0 heterocycles. The van der Waals surface area contributed by atoms with E-state index < -0.39 is 0 Å². The van der Waals surface area contributed by atoms with E-state index in [0.29, 0.717) is 12.3 Å². The summed E-state index contributed by atoms with van der Waals surface area (Å²) in [6.45, 7) is 2.81. The van der Waals surface area contributed by atoms with Gasteiger partial charge in [-0.25, -0.2) is 0 Å². The van der Waals surface area contributed by atoms with Crippen LogP contribution in [0.1, 0.15) is 17.5 Å². The molecular weight excluding hydrogens is 222 g/mol. The monoisotopic (exact) mass is 241 g/mol. The van der Waals surface area contributed by atoms with E-state index in [-0.39, 0.29) is 0 Å². The maximum absolute atomic E-state index is 5.81. The summed E-state index contributed by atoms with van der Waals surface area (Å²) >= 11 is 0. The Morgan fingerprint density at radius 3 is 2.67 bits per heavy atom. The normalized spacial score (nSPS) is 10.3. The molecule has 0 saturated heterocycles. The Balaban J connectivity index is 1.78. The number of benzene rings is 2. The summed E-state index contributed by atoms with van der Waals surface area (Å²) in [5.41, 5.74) is 9.18. The van der Waals surface area contributed by atoms with E-state index in [1.165, 1.54) is 11.1 Å². The first-order valence-corrected chi connectivity index (χ1v) is 6.28. The average Bonchev–Trinajstić information content (AvgIpc) is 2.37. The fraction of sp³-hybridized carbons (Fsp3) is 0.250. The minimum Gasteiger partial charge on any atom is -0.491 e. The van der Waals surface area contributed by atoms with Crippen molar-refractivity contribution in [3.63, 3.8) is 0 Å². The lowest BCUT2D eigenvalue weighted by Crippen LogP contribution is -2.01. The van der Waals surface area contributed by atoms with E-state index >= 15 is 0 Å². The molecule has 2 N–H and O–H groups in total. The fourth-order valence-corrected chi connectivity index (χ4v) is 1.94. The van der Waals surface area contributed by atoms with Crippen molar-refractivity contribution >= 4 is 5.69 Å². The molecule has 2 aromatic rings. The second-order valence-corrected chi connectivity index (χ2v) is 4.48. The summed E-state index contributed by atoms with van der Waals surface area (Å²) < 4.78 is 5.66. The molecule has 94 valence electrons. The van der Waals surface area contributed by atoms with Gasteiger partial charge in [-0.15, -0.1) is 0 Å². The van der Waals surface area contributed by atoms with Gasteiger partial charge < -0.3 is 10.5 Å². The number of rotatable bonds is 5. The maximum Gasteiger partial charge on any atom is 0.142 e. The minimum atomic E-state index is 0.697. The highest BCUT2D eigenvalue weighted by molar-refractivity contribution is 5.51. The van der Waals surface area contributed by atoms with Gasteiger partial charge in [-0.2, -0.15) is 0 Å². The van der Waals surface area contributed by atoms with Crippen LogP contribution in [0.2, 0.25) is 0 Å². The van der Waals surface area contributed by atoms with Gasteiger partial charge in [0.1, 0.15) is 5.75 Å². The van der Waals surface area contributed by atoms with Crippen molar-refractivity contribution < 1.29 is 4.74 Å². The number of hydrogen-bond donors (Lipinski definition) is 1. The average molecular weight is 241 g/mol. The molecule has 0 amide bonds. The Kier molecular flexibility index (Phi) is 4.24. The van der Waals surface area contributed by atoms with E-state index in [4.69, 9.17) is 10.5 Å². The summed E-state index contributed by atoms with van der Waals surface area (Å²) in [7, 11) is 0. The van der Waals surface area contributed by atoms with Crippen LogP contribution in [0.15, 0.2) is 48.5 Å². The Morgan fingerprint density at radius 1 is 1.06 bits per heavy atom. The largest absolute Gasteiger partial charge is 0.491 e. The predicted molar refractivity (Wildman–Crippen MR) is 75.8 cm³/mol. The number of anilines is 1. The molecule has 0 aliphatic heterocycles. The molecule has 0 unspecified atom stereocenters. The smallest absolute Gasteiger partial charge is 0.142 e. The predicted octanol–water partition coefficient (Wildman–Crippen LogP) is 3.59. The van der Waals surface area contributed by atoms with Gasteiger partial charge in [-0.1, -0.05) is 42.0 Å². The molecular formula is C16H19NO. The summed E-state index contributed by atoms with van der Waals surface area (Å²) in [5, 5.41) is 0. The quantitative estimate of drug-likeness (QED) is 0.641. The second kappa shape index (κ2) is 6.10. The highest BCUT2D eigenvalue weighted by Gasteiger charge is 1.98. The minimum absolute atomic E-state index is 0.697. The molecule has 0 bridgehead atoms. The zero-order chi connectivity index (χ0) is 12.8. The van der Waals surface area contributed by atoms with Crippen LogP contribution in [0.3, 0.4) is 0 Å². The van der Waals surface area contributed by atoms with E-state index in [1.54, 1.807) is 0 Å². The fourth-order valence-electron chi connectivity index (χ4n) is 1.94. The third kappa shape index (κ3) is 3.52. The first kappa shape index (κ1) is 12.5. The molecule has 0 atom stereocenters. The van der Waals surface area contributed by atoms with Crippen LogP contribution in [-0.2, 0) is 6.42 Å². The highest BCUT2D eigenvalue weighted by atomic mass is 16.5. The van der Waals surface area contributed by atoms with Gasteiger partial charge in [0.2, 0.25) is 0 Å². The van der Waals surface area contributed by atoms with Crippen molar-refractivity contribution in [2.45, 2.75) is 19.8 Å². The molecule has 2 nitrogen and oxygen atoms in total. The summed E-state index contributed by atoms with van der Waals surface area (Å²) in [6, 6.07) is 16.2. The molecule has 0 spiro atoms. The maximum atomic E-state index is 5.81. The summed E-state index contributed by atoms with van der Waals surface area (Å²) in [6.07, 6.45) is 2.03. The molecule has 0 aliphatic carbocycles. The molecule has 0 aromatic heterocycles.